The molecule has 2 heterocycles. The summed E-state index contributed by atoms with van der Waals surface area (Å²) >= 11 is 2.97. The molecule has 3 rings (SSSR count). The van der Waals surface area contributed by atoms with Gasteiger partial charge >= 0.3 is 6.36 Å². The van der Waals surface area contributed by atoms with Gasteiger partial charge in [-0.3, -0.25) is 4.79 Å². The van der Waals surface area contributed by atoms with Crippen molar-refractivity contribution in [2.24, 2.45) is 0 Å². The fourth-order valence-corrected chi connectivity index (χ4v) is 4.27. The highest BCUT2D eigenvalue weighted by molar-refractivity contribution is 7.99. The minimum absolute atomic E-state index is 0.0504. The number of hydrogen-bond acceptors (Lipinski definition) is 4. The number of ether oxygens (including phenoxy) is 1. The number of rotatable bonds is 3. The SMILES string of the molecule is O=C(c1cccs1)N1CCSC1c1ccc(OC(F)(F)F)cc1. The van der Waals surface area contributed by atoms with Gasteiger partial charge in [0.05, 0.1) is 4.88 Å². The molecule has 0 aliphatic carbocycles. The van der Waals surface area contributed by atoms with Crippen LogP contribution in [0.25, 0.3) is 0 Å². The number of benzene rings is 1. The van der Waals surface area contributed by atoms with Crippen LogP contribution in [0.2, 0.25) is 0 Å². The number of carbonyl (C=O) groups excluding carboxylic acids is 1. The molecule has 1 amide bonds. The number of thiophene rings is 1. The van der Waals surface area contributed by atoms with Gasteiger partial charge < -0.3 is 9.64 Å². The molecule has 0 bridgehead atoms. The van der Waals surface area contributed by atoms with Crippen molar-refractivity contribution in [2.45, 2.75) is 11.7 Å². The summed E-state index contributed by atoms with van der Waals surface area (Å²) < 4.78 is 40.4. The fourth-order valence-electron chi connectivity index (χ4n) is 2.33. The highest BCUT2D eigenvalue weighted by Crippen LogP contribution is 2.39. The van der Waals surface area contributed by atoms with Crippen LogP contribution in [0, 0.1) is 0 Å². The molecule has 0 saturated carbocycles. The van der Waals surface area contributed by atoms with Gasteiger partial charge in [-0.1, -0.05) is 18.2 Å². The minimum Gasteiger partial charge on any atom is -0.406 e. The smallest absolute Gasteiger partial charge is 0.406 e. The first kappa shape index (κ1) is 16.2. The third kappa shape index (κ3) is 3.81. The summed E-state index contributed by atoms with van der Waals surface area (Å²) in [5.74, 6) is 0.480. The van der Waals surface area contributed by atoms with Gasteiger partial charge in [-0.05, 0) is 29.1 Å². The first-order valence-corrected chi connectivity index (χ1v) is 8.69. The summed E-state index contributed by atoms with van der Waals surface area (Å²) in [5, 5.41) is 1.65. The van der Waals surface area contributed by atoms with Crippen LogP contribution in [0.5, 0.6) is 5.75 Å². The number of halogens is 3. The second-order valence-electron chi connectivity index (χ2n) is 4.82. The van der Waals surface area contributed by atoms with E-state index in [0.29, 0.717) is 11.4 Å². The Morgan fingerprint density at radius 1 is 1.22 bits per heavy atom. The molecule has 0 spiro atoms. The summed E-state index contributed by atoms with van der Waals surface area (Å²) in [6.07, 6.45) is -4.70. The average Bonchev–Trinajstić information content (AvgIpc) is 3.17. The summed E-state index contributed by atoms with van der Waals surface area (Å²) in [4.78, 5) is 14.9. The van der Waals surface area contributed by atoms with Crippen LogP contribution in [0.4, 0.5) is 13.2 Å². The number of amides is 1. The minimum atomic E-state index is -4.70. The van der Waals surface area contributed by atoms with E-state index in [9.17, 15) is 18.0 Å². The Morgan fingerprint density at radius 2 is 1.96 bits per heavy atom. The molecule has 1 fully saturated rings. The van der Waals surface area contributed by atoms with Gasteiger partial charge in [0.15, 0.2) is 0 Å². The van der Waals surface area contributed by atoms with Crippen LogP contribution >= 0.6 is 23.1 Å². The Labute approximate surface area is 139 Å². The summed E-state index contributed by atoms with van der Waals surface area (Å²) in [5.41, 5.74) is 0.784. The lowest BCUT2D eigenvalue weighted by molar-refractivity contribution is -0.274. The molecular formula is C15H12F3NO2S2. The predicted octanol–water partition coefficient (Wildman–Crippen LogP) is 4.53. The normalized spacial score (nSPS) is 18.2. The van der Waals surface area contributed by atoms with Crippen LogP contribution in [0.1, 0.15) is 20.6 Å². The number of thioether (sulfide) groups is 1. The Morgan fingerprint density at radius 3 is 2.57 bits per heavy atom. The second-order valence-corrected chi connectivity index (χ2v) is 6.95. The first-order valence-electron chi connectivity index (χ1n) is 6.76. The molecule has 122 valence electrons. The average molecular weight is 359 g/mol. The van der Waals surface area contributed by atoms with Crippen molar-refractivity contribution in [3.8, 4) is 5.75 Å². The summed E-state index contributed by atoms with van der Waals surface area (Å²) in [7, 11) is 0. The van der Waals surface area contributed by atoms with Gasteiger partial charge in [-0.25, -0.2) is 0 Å². The molecule has 1 unspecified atom stereocenters. The molecule has 0 radical (unpaired) electrons. The van der Waals surface area contributed by atoms with E-state index in [4.69, 9.17) is 0 Å². The van der Waals surface area contributed by atoms with E-state index in [-0.39, 0.29) is 17.0 Å². The van der Waals surface area contributed by atoms with E-state index < -0.39 is 6.36 Å². The van der Waals surface area contributed by atoms with E-state index in [1.54, 1.807) is 34.9 Å². The van der Waals surface area contributed by atoms with E-state index in [2.05, 4.69) is 4.74 Å². The van der Waals surface area contributed by atoms with Gasteiger partial charge in [0.1, 0.15) is 11.1 Å². The molecule has 1 aromatic heterocycles. The molecule has 2 aromatic rings. The van der Waals surface area contributed by atoms with E-state index in [0.717, 1.165) is 11.3 Å². The van der Waals surface area contributed by atoms with Crippen molar-refractivity contribution in [1.82, 2.24) is 4.90 Å². The van der Waals surface area contributed by atoms with Gasteiger partial charge in [-0.2, -0.15) is 0 Å². The van der Waals surface area contributed by atoms with E-state index in [1.807, 2.05) is 11.4 Å². The molecule has 1 aliphatic rings. The van der Waals surface area contributed by atoms with Gasteiger partial charge in [-0.15, -0.1) is 36.3 Å². The zero-order valence-corrected chi connectivity index (χ0v) is 13.4. The Bertz CT molecular complexity index is 671. The quantitative estimate of drug-likeness (QED) is 0.806. The van der Waals surface area contributed by atoms with Gasteiger partial charge in [0.25, 0.3) is 5.91 Å². The standard InChI is InChI=1S/C15H12F3NO2S2/c16-15(17,18)21-11-5-3-10(4-6-11)14-19(7-9-23-14)13(20)12-2-1-8-22-12/h1-6,8,14H,7,9H2. The Hall–Kier alpha value is -1.67. The third-order valence-corrected chi connectivity index (χ3v) is 5.40. The number of carbonyl (C=O) groups is 1. The monoisotopic (exact) mass is 359 g/mol. The Kier molecular flexibility index (Phi) is 4.54. The highest BCUT2D eigenvalue weighted by Gasteiger charge is 2.33. The van der Waals surface area contributed by atoms with Crippen molar-refractivity contribution in [2.75, 3.05) is 12.3 Å². The van der Waals surface area contributed by atoms with Crippen LogP contribution in [-0.4, -0.2) is 29.5 Å². The first-order chi connectivity index (χ1) is 10.9. The topological polar surface area (TPSA) is 29.5 Å². The largest absolute Gasteiger partial charge is 0.573 e. The third-order valence-electron chi connectivity index (χ3n) is 3.28. The highest BCUT2D eigenvalue weighted by atomic mass is 32.2. The van der Waals surface area contributed by atoms with Crippen molar-refractivity contribution in [3.05, 3.63) is 52.2 Å². The summed E-state index contributed by atoms with van der Waals surface area (Å²) in [6, 6.07) is 9.27. The molecule has 1 aliphatic heterocycles. The Balaban J connectivity index is 1.76. The van der Waals surface area contributed by atoms with Crippen molar-refractivity contribution < 1.29 is 22.7 Å². The maximum atomic E-state index is 12.5. The molecule has 1 aromatic carbocycles. The number of alkyl halides is 3. The van der Waals surface area contributed by atoms with Crippen LogP contribution < -0.4 is 4.74 Å². The lowest BCUT2D eigenvalue weighted by atomic mass is 10.2. The number of hydrogen-bond donors (Lipinski definition) is 0. The van der Waals surface area contributed by atoms with Crippen LogP contribution in [0.3, 0.4) is 0 Å². The second kappa shape index (κ2) is 6.45. The zero-order valence-electron chi connectivity index (χ0n) is 11.7. The predicted molar refractivity (Wildman–Crippen MR) is 83.7 cm³/mol. The van der Waals surface area contributed by atoms with Gasteiger partial charge in [0, 0.05) is 12.3 Å². The molecule has 8 heteroatoms. The number of nitrogens with zero attached hydrogens (tertiary/aromatic N) is 1. The van der Waals surface area contributed by atoms with E-state index in [1.165, 1.54) is 23.5 Å². The molecule has 3 nitrogen and oxygen atoms in total. The molecule has 1 atom stereocenters. The molecular weight excluding hydrogens is 347 g/mol. The van der Waals surface area contributed by atoms with Crippen LogP contribution in [0.15, 0.2) is 41.8 Å². The molecule has 0 N–H and O–H groups in total. The lowest BCUT2D eigenvalue weighted by Crippen LogP contribution is -2.29. The maximum absolute atomic E-state index is 12.5. The van der Waals surface area contributed by atoms with Crippen molar-refractivity contribution in [3.63, 3.8) is 0 Å². The maximum Gasteiger partial charge on any atom is 0.573 e. The van der Waals surface area contributed by atoms with Gasteiger partial charge in [0.2, 0.25) is 0 Å². The fraction of sp³-hybridized carbons (Fsp3) is 0.267. The van der Waals surface area contributed by atoms with Crippen molar-refractivity contribution in [1.29, 1.82) is 0 Å². The molecule has 1 saturated heterocycles. The van der Waals surface area contributed by atoms with Crippen molar-refractivity contribution >= 4 is 29.0 Å². The van der Waals surface area contributed by atoms with E-state index >= 15 is 0 Å². The zero-order chi connectivity index (χ0) is 16.4. The molecule has 23 heavy (non-hydrogen) atoms. The van der Waals surface area contributed by atoms with Crippen LogP contribution in [-0.2, 0) is 0 Å². The summed E-state index contributed by atoms with van der Waals surface area (Å²) in [6.45, 7) is 0.618. The lowest BCUT2D eigenvalue weighted by Gasteiger charge is -2.23.